The standard InChI is InChI=1S/C23H26Cl2N6O3S/c1-35(33,34)31-8-6-29(7-9-31)23(32)30-14-18(13-28-22-5-2-16(11-26)12-27-22)19(15-30)17-3-4-20(24)21(25)10-17/h2-5,10,12,18-19H,6-9,13-15H2,1H3,(H,27,28). The molecule has 2 aromatic rings. The van der Waals surface area contributed by atoms with Gasteiger partial charge >= 0.3 is 6.03 Å². The first-order valence-electron chi connectivity index (χ1n) is 11.2. The van der Waals surface area contributed by atoms with E-state index in [1.807, 2.05) is 17.0 Å². The van der Waals surface area contributed by atoms with Crippen molar-refractivity contribution in [3.05, 3.63) is 57.7 Å². The molecule has 0 bridgehead atoms. The third-order valence-electron chi connectivity index (χ3n) is 6.50. The summed E-state index contributed by atoms with van der Waals surface area (Å²) >= 11 is 12.4. The van der Waals surface area contributed by atoms with Crippen LogP contribution < -0.4 is 5.32 Å². The average molecular weight is 537 g/mol. The molecule has 0 saturated carbocycles. The third kappa shape index (κ3) is 5.98. The van der Waals surface area contributed by atoms with Crippen molar-refractivity contribution in [2.45, 2.75) is 5.92 Å². The Labute approximate surface area is 215 Å². The molecular weight excluding hydrogens is 511 g/mol. The van der Waals surface area contributed by atoms with Gasteiger partial charge < -0.3 is 15.1 Å². The zero-order valence-electron chi connectivity index (χ0n) is 19.2. The number of carbonyl (C=O) groups is 1. The lowest BCUT2D eigenvalue weighted by molar-refractivity contribution is 0.141. The Morgan fingerprint density at radius 2 is 1.86 bits per heavy atom. The molecule has 4 rings (SSSR count). The number of nitrogens with zero attached hydrogens (tertiary/aromatic N) is 5. The Balaban J connectivity index is 1.48. The highest BCUT2D eigenvalue weighted by molar-refractivity contribution is 7.88. The molecule has 2 aliphatic heterocycles. The second-order valence-corrected chi connectivity index (χ2v) is 11.6. The smallest absolute Gasteiger partial charge is 0.320 e. The van der Waals surface area contributed by atoms with E-state index in [0.29, 0.717) is 67.2 Å². The molecule has 12 heteroatoms. The highest BCUT2D eigenvalue weighted by Crippen LogP contribution is 2.36. The van der Waals surface area contributed by atoms with Crippen LogP contribution in [0.3, 0.4) is 0 Å². The first-order valence-corrected chi connectivity index (χ1v) is 13.8. The van der Waals surface area contributed by atoms with Crippen molar-refractivity contribution in [2.75, 3.05) is 57.4 Å². The summed E-state index contributed by atoms with van der Waals surface area (Å²) in [6.45, 7) is 2.91. The number of urea groups is 1. The van der Waals surface area contributed by atoms with E-state index in [0.717, 1.165) is 5.56 Å². The van der Waals surface area contributed by atoms with Crippen molar-refractivity contribution < 1.29 is 13.2 Å². The number of sulfonamides is 1. The maximum Gasteiger partial charge on any atom is 0.320 e. The predicted octanol–water partition coefficient (Wildman–Crippen LogP) is 3.08. The Kier molecular flexibility index (Phi) is 7.71. The summed E-state index contributed by atoms with van der Waals surface area (Å²) in [4.78, 5) is 21.1. The van der Waals surface area contributed by atoms with Gasteiger partial charge in [-0.05, 0) is 29.8 Å². The molecule has 0 aliphatic carbocycles. The van der Waals surface area contributed by atoms with Crippen LogP contribution >= 0.6 is 23.2 Å². The van der Waals surface area contributed by atoms with Crippen LogP contribution in [0.5, 0.6) is 0 Å². The quantitative estimate of drug-likeness (QED) is 0.628. The Morgan fingerprint density at radius 1 is 1.11 bits per heavy atom. The van der Waals surface area contributed by atoms with Crippen LogP contribution in [0.15, 0.2) is 36.5 Å². The molecule has 2 amide bonds. The summed E-state index contributed by atoms with van der Waals surface area (Å²) < 4.78 is 25.0. The van der Waals surface area contributed by atoms with Gasteiger partial charge in [-0.15, -0.1) is 0 Å². The predicted molar refractivity (Wildman–Crippen MR) is 135 cm³/mol. The largest absolute Gasteiger partial charge is 0.370 e. The minimum absolute atomic E-state index is 0.0249. The number of rotatable bonds is 5. The highest BCUT2D eigenvalue weighted by Gasteiger charge is 2.38. The van der Waals surface area contributed by atoms with E-state index >= 15 is 0 Å². The number of nitriles is 1. The zero-order chi connectivity index (χ0) is 25.2. The van der Waals surface area contributed by atoms with Gasteiger partial charge in [-0.3, -0.25) is 0 Å². The summed E-state index contributed by atoms with van der Waals surface area (Å²) in [5, 5.41) is 13.2. The van der Waals surface area contributed by atoms with E-state index in [-0.39, 0.29) is 17.9 Å². The van der Waals surface area contributed by atoms with Gasteiger partial charge in [0.05, 0.1) is 21.9 Å². The molecule has 1 N–H and O–H groups in total. The number of amides is 2. The van der Waals surface area contributed by atoms with E-state index in [2.05, 4.69) is 16.4 Å². The van der Waals surface area contributed by atoms with Crippen molar-refractivity contribution in [1.82, 2.24) is 19.1 Å². The molecule has 186 valence electrons. The number of benzene rings is 1. The summed E-state index contributed by atoms with van der Waals surface area (Å²) in [6.07, 6.45) is 2.70. The highest BCUT2D eigenvalue weighted by atomic mass is 35.5. The van der Waals surface area contributed by atoms with Crippen LogP contribution in [-0.4, -0.2) is 85.6 Å². The molecule has 3 heterocycles. The van der Waals surface area contributed by atoms with E-state index in [4.69, 9.17) is 28.5 Å². The lowest BCUT2D eigenvalue weighted by atomic mass is 9.89. The topological polar surface area (TPSA) is 110 Å². The fraction of sp³-hybridized carbons (Fsp3) is 0.435. The van der Waals surface area contributed by atoms with Crippen LogP contribution in [0.4, 0.5) is 10.6 Å². The maximum atomic E-state index is 13.3. The van der Waals surface area contributed by atoms with E-state index in [1.54, 1.807) is 23.1 Å². The van der Waals surface area contributed by atoms with Crippen molar-refractivity contribution in [3.8, 4) is 6.07 Å². The number of hydrogen-bond acceptors (Lipinski definition) is 6. The molecule has 2 fully saturated rings. The first-order chi connectivity index (χ1) is 16.7. The van der Waals surface area contributed by atoms with Gasteiger partial charge in [0.1, 0.15) is 11.9 Å². The minimum atomic E-state index is -3.27. The fourth-order valence-corrected chi connectivity index (χ4v) is 5.70. The number of aromatic nitrogens is 1. The molecule has 2 saturated heterocycles. The number of hydrogen-bond donors (Lipinski definition) is 1. The lowest BCUT2D eigenvalue weighted by Crippen LogP contribution is -2.53. The molecule has 2 atom stereocenters. The van der Waals surface area contributed by atoms with Crippen LogP contribution in [0.25, 0.3) is 0 Å². The summed E-state index contributed by atoms with van der Waals surface area (Å²) in [7, 11) is -3.27. The average Bonchev–Trinajstić information content (AvgIpc) is 3.28. The fourth-order valence-electron chi connectivity index (χ4n) is 4.57. The summed E-state index contributed by atoms with van der Waals surface area (Å²) in [5.74, 6) is 0.751. The molecule has 2 unspecified atom stereocenters. The zero-order valence-corrected chi connectivity index (χ0v) is 21.5. The van der Waals surface area contributed by atoms with Crippen LogP contribution in [0, 0.1) is 17.2 Å². The van der Waals surface area contributed by atoms with Gasteiger partial charge in [0, 0.05) is 63.8 Å². The van der Waals surface area contributed by atoms with Gasteiger partial charge in [-0.25, -0.2) is 18.2 Å². The number of anilines is 1. The minimum Gasteiger partial charge on any atom is -0.370 e. The van der Waals surface area contributed by atoms with Gasteiger partial charge in [0.2, 0.25) is 10.0 Å². The van der Waals surface area contributed by atoms with Crippen LogP contribution in [0.1, 0.15) is 17.0 Å². The molecule has 0 spiro atoms. The van der Waals surface area contributed by atoms with E-state index in [9.17, 15) is 13.2 Å². The molecule has 0 radical (unpaired) electrons. The number of piperazine rings is 1. The van der Waals surface area contributed by atoms with Crippen LogP contribution in [-0.2, 0) is 10.0 Å². The second kappa shape index (κ2) is 10.6. The number of halogens is 2. The SMILES string of the molecule is CS(=O)(=O)N1CCN(C(=O)N2CC(CNc3ccc(C#N)cn3)C(c3ccc(Cl)c(Cl)c3)C2)CC1. The number of likely N-dealkylation sites (tertiary alicyclic amines) is 1. The molecule has 2 aliphatic rings. The molecular formula is C23H26Cl2N6O3S. The second-order valence-electron chi connectivity index (χ2n) is 8.80. The molecule has 35 heavy (non-hydrogen) atoms. The molecule has 1 aromatic heterocycles. The molecule has 9 nitrogen and oxygen atoms in total. The number of carbonyl (C=O) groups excluding carboxylic acids is 1. The maximum absolute atomic E-state index is 13.3. The number of pyridine rings is 1. The molecule has 1 aromatic carbocycles. The van der Waals surface area contributed by atoms with Crippen molar-refractivity contribution in [1.29, 1.82) is 5.26 Å². The van der Waals surface area contributed by atoms with Crippen molar-refractivity contribution in [2.24, 2.45) is 5.92 Å². The van der Waals surface area contributed by atoms with Gasteiger partial charge in [-0.1, -0.05) is 29.3 Å². The first kappa shape index (κ1) is 25.5. The monoisotopic (exact) mass is 536 g/mol. The van der Waals surface area contributed by atoms with Crippen LogP contribution in [0.2, 0.25) is 10.0 Å². The van der Waals surface area contributed by atoms with E-state index in [1.165, 1.54) is 16.8 Å². The number of nitrogens with one attached hydrogen (secondary N) is 1. The van der Waals surface area contributed by atoms with Crippen molar-refractivity contribution >= 4 is 45.1 Å². The summed E-state index contributed by atoms with van der Waals surface area (Å²) in [6, 6.07) is 11.0. The van der Waals surface area contributed by atoms with Gasteiger partial charge in [0.25, 0.3) is 0 Å². The Hall–Kier alpha value is -2.58. The lowest BCUT2D eigenvalue weighted by Gasteiger charge is -2.35. The Morgan fingerprint density at radius 3 is 2.46 bits per heavy atom. The summed E-state index contributed by atoms with van der Waals surface area (Å²) in [5.41, 5.74) is 1.48. The van der Waals surface area contributed by atoms with Gasteiger partial charge in [0.15, 0.2) is 0 Å². The normalized spacial score (nSPS) is 21.1. The van der Waals surface area contributed by atoms with E-state index < -0.39 is 10.0 Å². The van der Waals surface area contributed by atoms with Crippen molar-refractivity contribution in [3.63, 3.8) is 0 Å². The third-order valence-corrected chi connectivity index (χ3v) is 8.54. The Bertz CT molecular complexity index is 1230. The van der Waals surface area contributed by atoms with Gasteiger partial charge in [-0.2, -0.15) is 9.57 Å².